The number of hydrogen-bond acceptors (Lipinski definition) is 8. The summed E-state index contributed by atoms with van der Waals surface area (Å²) in [6.45, 7) is 7.14. The van der Waals surface area contributed by atoms with Crippen molar-refractivity contribution in [3.05, 3.63) is 70.8 Å². The molecule has 0 radical (unpaired) electrons. The minimum atomic E-state index is -0.627. The molecule has 45 heavy (non-hydrogen) atoms. The number of ether oxygens (including phenoxy) is 3. The zero-order chi connectivity index (χ0) is 32.3. The smallest absolute Gasteiger partial charge is 0.407 e. The zero-order valence-corrected chi connectivity index (χ0v) is 26.2. The van der Waals surface area contributed by atoms with Crippen molar-refractivity contribution >= 4 is 11.9 Å². The summed E-state index contributed by atoms with van der Waals surface area (Å²) in [4.78, 5) is 19.4. The lowest BCUT2D eigenvalue weighted by atomic mass is 10.0. The summed E-state index contributed by atoms with van der Waals surface area (Å²) in [6, 6.07) is 13.3. The number of nitrogens with one attached hydrogen (secondary N) is 2. The fourth-order valence-corrected chi connectivity index (χ4v) is 5.70. The third-order valence-corrected chi connectivity index (χ3v) is 8.13. The van der Waals surface area contributed by atoms with Crippen molar-refractivity contribution in [3.8, 4) is 28.8 Å². The van der Waals surface area contributed by atoms with Crippen LogP contribution in [-0.2, 0) is 11.3 Å². The van der Waals surface area contributed by atoms with Crippen LogP contribution in [0.1, 0.15) is 62.6 Å². The van der Waals surface area contributed by atoms with E-state index in [0.29, 0.717) is 55.3 Å². The lowest BCUT2D eigenvalue weighted by Gasteiger charge is -2.34. The van der Waals surface area contributed by atoms with Crippen molar-refractivity contribution in [2.45, 2.75) is 70.2 Å². The van der Waals surface area contributed by atoms with Gasteiger partial charge in [-0.15, -0.1) is 0 Å². The summed E-state index contributed by atoms with van der Waals surface area (Å²) in [6.07, 6.45) is 1.80. The Morgan fingerprint density at radius 2 is 1.78 bits per heavy atom. The molecule has 9 nitrogen and oxygen atoms in total. The van der Waals surface area contributed by atoms with Crippen molar-refractivity contribution in [2.75, 3.05) is 32.2 Å². The highest BCUT2D eigenvalue weighted by Gasteiger charge is 2.38. The van der Waals surface area contributed by atoms with Crippen LogP contribution in [0.5, 0.6) is 11.5 Å². The molecule has 2 N–H and O–H groups in total. The molecule has 1 saturated heterocycles. The van der Waals surface area contributed by atoms with Crippen LogP contribution < -0.4 is 25.0 Å². The molecule has 2 aliphatic rings. The summed E-state index contributed by atoms with van der Waals surface area (Å²) in [5.41, 5.74) is 2.09. The minimum absolute atomic E-state index is 0.0285. The number of benzene rings is 2. The fraction of sp³-hybridized carbons (Fsp3) is 0.441. The monoisotopic (exact) mass is 619 g/mol. The molecule has 11 heteroatoms. The first kappa shape index (κ1) is 32.0. The van der Waals surface area contributed by atoms with Crippen molar-refractivity contribution in [1.29, 1.82) is 5.26 Å². The normalized spacial score (nSPS) is 18.2. The van der Waals surface area contributed by atoms with Crippen LogP contribution in [-0.4, -0.2) is 56.1 Å². The van der Waals surface area contributed by atoms with Crippen LogP contribution in [0.25, 0.3) is 11.3 Å². The lowest BCUT2D eigenvalue weighted by molar-refractivity contribution is 0.0497. The van der Waals surface area contributed by atoms with Gasteiger partial charge in [0.25, 0.3) is 0 Å². The molecule has 0 spiro atoms. The molecule has 2 atom stereocenters. The topological polar surface area (TPSA) is 109 Å². The average molecular weight is 620 g/mol. The largest absolute Gasteiger partial charge is 0.496 e. The quantitative estimate of drug-likeness (QED) is 0.298. The summed E-state index contributed by atoms with van der Waals surface area (Å²) in [5.74, 6) is 0.602. The van der Waals surface area contributed by atoms with E-state index in [1.807, 2.05) is 39.0 Å². The average Bonchev–Trinajstić information content (AvgIpc) is 3.78. The molecule has 238 valence electrons. The van der Waals surface area contributed by atoms with E-state index in [1.165, 1.54) is 25.3 Å². The van der Waals surface area contributed by atoms with Crippen LogP contribution in [0.15, 0.2) is 42.5 Å². The first-order chi connectivity index (χ1) is 21.5. The highest BCUT2D eigenvalue weighted by molar-refractivity contribution is 5.70. The number of halogens is 2. The Bertz CT molecular complexity index is 1590. The Kier molecular flexibility index (Phi) is 9.44. The van der Waals surface area contributed by atoms with Gasteiger partial charge in [-0.3, -0.25) is 0 Å². The van der Waals surface area contributed by atoms with Gasteiger partial charge in [0.05, 0.1) is 25.5 Å². The number of piperidine rings is 1. The second-order valence-electron chi connectivity index (χ2n) is 12.4. The van der Waals surface area contributed by atoms with Gasteiger partial charge in [0.1, 0.15) is 29.1 Å². The van der Waals surface area contributed by atoms with Crippen LogP contribution in [0.2, 0.25) is 0 Å². The van der Waals surface area contributed by atoms with Gasteiger partial charge >= 0.3 is 6.09 Å². The van der Waals surface area contributed by atoms with Gasteiger partial charge < -0.3 is 29.7 Å². The molecule has 3 aromatic rings. The summed E-state index contributed by atoms with van der Waals surface area (Å²) in [5, 5.41) is 15.8. The third kappa shape index (κ3) is 7.63. The SMILES string of the molecule is COc1ccc(C2CC2NCc2c(OC)cc(N3CCC(NC(=O)OC(C)(C)C)CC3)nc2-c2ccc(C#N)c(F)c2)cc1F. The van der Waals surface area contributed by atoms with Gasteiger partial charge in [0.2, 0.25) is 0 Å². The number of hydrogen-bond donors (Lipinski definition) is 2. The molecular formula is C34H39F2N5O4. The molecule has 1 aliphatic carbocycles. The molecule has 2 aromatic carbocycles. The fourth-order valence-electron chi connectivity index (χ4n) is 5.70. The van der Waals surface area contributed by atoms with Gasteiger partial charge in [-0.05, 0) is 69.9 Å². The Morgan fingerprint density at radius 1 is 1.04 bits per heavy atom. The van der Waals surface area contributed by atoms with E-state index in [4.69, 9.17) is 19.2 Å². The second-order valence-corrected chi connectivity index (χ2v) is 12.4. The highest BCUT2D eigenvalue weighted by atomic mass is 19.1. The van der Waals surface area contributed by atoms with Crippen LogP contribution in [0.4, 0.5) is 19.4 Å². The predicted octanol–water partition coefficient (Wildman–Crippen LogP) is 6.05. The molecule has 2 unspecified atom stereocenters. The Labute approximate surface area is 262 Å². The highest BCUT2D eigenvalue weighted by Crippen LogP contribution is 2.43. The third-order valence-electron chi connectivity index (χ3n) is 8.13. The maximum Gasteiger partial charge on any atom is 0.407 e. The molecule has 1 saturated carbocycles. The van der Waals surface area contributed by atoms with Gasteiger partial charge in [0, 0.05) is 54.8 Å². The molecule has 2 heterocycles. The summed E-state index contributed by atoms with van der Waals surface area (Å²) >= 11 is 0. The van der Waals surface area contributed by atoms with Crippen LogP contribution in [0.3, 0.4) is 0 Å². The van der Waals surface area contributed by atoms with E-state index in [0.717, 1.165) is 17.5 Å². The predicted molar refractivity (Wildman–Crippen MR) is 166 cm³/mol. The van der Waals surface area contributed by atoms with Gasteiger partial charge in [-0.1, -0.05) is 12.1 Å². The molecule has 5 rings (SSSR count). The second kappa shape index (κ2) is 13.3. The number of carbonyl (C=O) groups excluding carboxylic acids is 1. The maximum atomic E-state index is 14.8. The van der Waals surface area contributed by atoms with Crippen molar-refractivity contribution in [3.63, 3.8) is 0 Å². The lowest BCUT2D eigenvalue weighted by Crippen LogP contribution is -2.46. The zero-order valence-electron chi connectivity index (χ0n) is 26.2. The number of rotatable bonds is 9. The van der Waals surface area contributed by atoms with Crippen molar-refractivity contribution in [1.82, 2.24) is 15.6 Å². The summed E-state index contributed by atoms with van der Waals surface area (Å²) < 4.78 is 45.4. The number of anilines is 1. The molecular weight excluding hydrogens is 580 g/mol. The number of alkyl carbamates (subject to hydrolysis) is 1. The molecule has 0 bridgehead atoms. The van der Waals surface area contributed by atoms with E-state index < -0.39 is 23.3 Å². The number of amides is 1. The summed E-state index contributed by atoms with van der Waals surface area (Å²) in [7, 11) is 3.03. The number of nitrogens with zero attached hydrogens (tertiary/aromatic N) is 3. The maximum absolute atomic E-state index is 14.8. The van der Waals surface area contributed by atoms with Gasteiger partial charge in [0.15, 0.2) is 11.6 Å². The standard InChI is InChI=1S/C34H39F2N5O4/c1-34(2,3)45-33(42)39-23-10-12-41(13-11-23)31-17-30(44-5)25(32(40-31)21-6-7-22(18-37)26(35)15-21)19-38-28-16-24(28)20-8-9-29(43-4)27(36)14-20/h6-9,14-15,17,23-24,28,38H,10-13,16,19H2,1-5H3,(H,39,42). The van der Waals surface area contributed by atoms with E-state index >= 15 is 0 Å². The minimum Gasteiger partial charge on any atom is -0.496 e. The number of aromatic nitrogens is 1. The number of pyridine rings is 1. The van der Waals surface area contributed by atoms with Crippen LogP contribution >= 0.6 is 0 Å². The number of methoxy groups -OCH3 is 2. The molecule has 1 aromatic heterocycles. The van der Waals surface area contributed by atoms with Crippen LogP contribution in [0, 0.1) is 23.0 Å². The van der Waals surface area contributed by atoms with Crippen molar-refractivity contribution in [2.24, 2.45) is 0 Å². The Morgan fingerprint density at radius 3 is 2.40 bits per heavy atom. The first-order valence-electron chi connectivity index (χ1n) is 15.1. The number of carbonyl (C=O) groups is 1. The van der Waals surface area contributed by atoms with E-state index in [2.05, 4.69) is 15.5 Å². The molecule has 1 amide bonds. The first-order valence-corrected chi connectivity index (χ1v) is 15.1. The number of nitriles is 1. The Balaban J connectivity index is 1.36. The van der Waals surface area contributed by atoms with Crippen molar-refractivity contribution < 1.29 is 27.8 Å². The molecule has 2 fully saturated rings. The molecule has 1 aliphatic heterocycles. The van der Waals surface area contributed by atoms with Gasteiger partial charge in [-0.2, -0.15) is 5.26 Å². The Hall–Kier alpha value is -4.43. The van der Waals surface area contributed by atoms with E-state index in [1.54, 1.807) is 19.2 Å². The van der Waals surface area contributed by atoms with E-state index in [9.17, 15) is 18.8 Å². The van der Waals surface area contributed by atoms with E-state index in [-0.39, 0.29) is 29.3 Å². The van der Waals surface area contributed by atoms with Gasteiger partial charge in [-0.25, -0.2) is 18.6 Å².